The third kappa shape index (κ3) is 1.61. The van der Waals surface area contributed by atoms with Crippen LogP contribution in [0.1, 0.15) is 44.9 Å². The number of hydrogen-bond donors (Lipinski definition) is 2. The van der Waals surface area contributed by atoms with Gasteiger partial charge >= 0.3 is 0 Å². The van der Waals surface area contributed by atoms with Crippen molar-refractivity contribution >= 4 is 0 Å². The maximum Gasteiger partial charge on any atom is 0.0695 e. The SMILES string of the molecule is OC1CC2CCC(C1)N2C1CCCC1O. The molecule has 0 radical (unpaired) electrons. The predicted octanol–water partition coefficient (Wildman–Crippen LogP) is 0.887. The Bertz CT molecular complexity index is 232. The van der Waals surface area contributed by atoms with E-state index in [1.54, 1.807) is 0 Å². The van der Waals surface area contributed by atoms with Gasteiger partial charge in [-0.25, -0.2) is 0 Å². The maximum absolute atomic E-state index is 9.97. The largest absolute Gasteiger partial charge is 0.393 e. The summed E-state index contributed by atoms with van der Waals surface area (Å²) in [5, 5.41) is 19.7. The third-order valence-electron chi connectivity index (χ3n) is 4.59. The summed E-state index contributed by atoms with van der Waals surface area (Å²) in [7, 11) is 0. The lowest BCUT2D eigenvalue weighted by Gasteiger charge is -2.42. The molecule has 0 spiro atoms. The molecule has 2 N–H and O–H groups in total. The molecule has 3 nitrogen and oxygen atoms in total. The molecule has 2 aliphatic heterocycles. The molecule has 4 atom stereocenters. The molecule has 86 valence electrons. The Morgan fingerprint density at radius 3 is 2.07 bits per heavy atom. The summed E-state index contributed by atoms with van der Waals surface area (Å²) in [6, 6.07) is 1.50. The molecular formula is C12H21NO2. The molecule has 4 unspecified atom stereocenters. The van der Waals surface area contributed by atoms with Crippen LogP contribution in [0.25, 0.3) is 0 Å². The first-order chi connectivity index (χ1) is 7.25. The van der Waals surface area contributed by atoms with Crippen LogP contribution in [0.4, 0.5) is 0 Å². The van der Waals surface area contributed by atoms with Gasteiger partial charge in [0, 0.05) is 18.1 Å². The number of fused-ring (bicyclic) bond motifs is 2. The monoisotopic (exact) mass is 211 g/mol. The molecule has 0 aromatic carbocycles. The zero-order valence-electron chi connectivity index (χ0n) is 9.18. The van der Waals surface area contributed by atoms with Crippen molar-refractivity contribution in [2.75, 3.05) is 0 Å². The van der Waals surface area contributed by atoms with Gasteiger partial charge in [-0.1, -0.05) is 0 Å². The molecule has 3 rings (SSSR count). The van der Waals surface area contributed by atoms with Crippen molar-refractivity contribution in [3.05, 3.63) is 0 Å². The lowest BCUT2D eigenvalue weighted by atomic mass is 9.96. The zero-order valence-corrected chi connectivity index (χ0v) is 9.18. The van der Waals surface area contributed by atoms with Gasteiger partial charge in [0.1, 0.15) is 0 Å². The van der Waals surface area contributed by atoms with Crippen LogP contribution in [0.15, 0.2) is 0 Å². The molecule has 2 saturated heterocycles. The molecule has 0 aromatic rings. The standard InChI is InChI=1S/C12H21NO2/c14-10-6-8-4-5-9(7-10)13(8)11-2-1-3-12(11)15/h8-12,14-15H,1-7H2. The fourth-order valence-electron chi connectivity index (χ4n) is 3.99. The first-order valence-corrected chi connectivity index (χ1v) is 6.39. The second kappa shape index (κ2) is 3.72. The number of hydrogen-bond acceptors (Lipinski definition) is 3. The molecule has 2 heterocycles. The summed E-state index contributed by atoms with van der Waals surface area (Å²) in [5.74, 6) is 0. The number of aliphatic hydroxyl groups is 2. The lowest BCUT2D eigenvalue weighted by Crippen LogP contribution is -2.52. The van der Waals surface area contributed by atoms with Crippen molar-refractivity contribution in [1.82, 2.24) is 4.90 Å². The normalized spacial score (nSPS) is 51.2. The van der Waals surface area contributed by atoms with Crippen molar-refractivity contribution in [2.24, 2.45) is 0 Å². The maximum atomic E-state index is 9.97. The summed E-state index contributed by atoms with van der Waals surface area (Å²) in [6.07, 6.45) is 7.42. The highest BCUT2D eigenvalue weighted by Crippen LogP contribution is 2.40. The van der Waals surface area contributed by atoms with E-state index in [4.69, 9.17) is 0 Å². The van der Waals surface area contributed by atoms with Crippen LogP contribution in [0, 0.1) is 0 Å². The van der Waals surface area contributed by atoms with E-state index in [0.717, 1.165) is 25.7 Å². The molecule has 2 bridgehead atoms. The van der Waals surface area contributed by atoms with Gasteiger partial charge in [0.2, 0.25) is 0 Å². The summed E-state index contributed by atoms with van der Waals surface area (Å²) < 4.78 is 0. The van der Waals surface area contributed by atoms with E-state index in [9.17, 15) is 10.2 Å². The zero-order chi connectivity index (χ0) is 10.4. The van der Waals surface area contributed by atoms with Gasteiger partial charge in [0.05, 0.1) is 12.2 Å². The fraction of sp³-hybridized carbons (Fsp3) is 1.00. The van der Waals surface area contributed by atoms with E-state index < -0.39 is 0 Å². The minimum Gasteiger partial charge on any atom is -0.393 e. The van der Waals surface area contributed by atoms with Crippen molar-refractivity contribution in [1.29, 1.82) is 0 Å². The van der Waals surface area contributed by atoms with Crippen LogP contribution in [-0.2, 0) is 0 Å². The number of piperidine rings is 1. The highest BCUT2D eigenvalue weighted by molar-refractivity contribution is 5.01. The van der Waals surface area contributed by atoms with E-state index >= 15 is 0 Å². The van der Waals surface area contributed by atoms with Gasteiger partial charge in [0.25, 0.3) is 0 Å². The summed E-state index contributed by atoms with van der Waals surface area (Å²) in [5.41, 5.74) is 0. The minimum atomic E-state index is -0.108. The predicted molar refractivity (Wildman–Crippen MR) is 57.5 cm³/mol. The number of rotatable bonds is 1. The van der Waals surface area contributed by atoms with Crippen molar-refractivity contribution in [3.8, 4) is 0 Å². The smallest absolute Gasteiger partial charge is 0.0695 e. The summed E-state index contributed by atoms with van der Waals surface area (Å²) in [6.45, 7) is 0. The van der Waals surface area contributed by atoms with Crippen LogP contribution in [0.2, 0.25) is 0 Å². The van der Waals surface area contributed by atoms with Gasteiger partial charge in [-0.2, -0.15) is 0 Å². The Kier molecular flexibility index (Phi) is 2.49. The average molecular weight is 211 g/mol. The molecular weight excluding hydrogens is 190 g/mol. The van der Waals surface area contributed by atoms with Crippen LogP contribution in [0.5, 0.6) is 0 Å². The van der Waals surface area contributed by atoms with Gasteiger partial charge in [0.15, 0.2) is 0 Å². The number of nitrogens with zero attached hydrogens (tertiary/aromatic N) is 1. The lowest BCUT2D eigenvalue weighted by molar-refractivity contribution is -0.0212. The van der Waals surface area contributed by atoms with Crippen LogP contribution in [0.3, 0.4) is 0 Å². The highest BCUT2D eigenvalue weighted by atomic mass is 16.3. The molecule has 0 aromatic heterocycles. The van der Waals surface area contributed by atoms with Crippen LogP contribution >= 0.6 is 0 Å². The minimum absolute atomic E-state index is 0.0858. The Labute approximate surface area is 91.1 Å². The first-order valence-electron chi connectivity index (χ1n) is 6.39. The average Bonchev–Trinajstić information content (AvgIpc) is 2.69. The molecule has 3 aliphatic rings. The molecule has 1 aliphatic carbocycles. The van der Waals surface area contributed by atoms with Crippen LogP contribution < -0.4 is 0 Å². The number of aliphatic hydroxyl groups excluding tert-OH is 2. The second-order valence-corrected chi connectivity index (χ2v) is 5.52. The van der Waals surface area contributed by atoms with Crippen molar-refractivity contribution < 1.29 is 10.2 Å². The van der Waals surface area contributed by atoms with E-state index in [1.807, 2.05) is 0 Å². The Balaban J connectivity index is 1.76. The molecule has 3 heteroatoms. The molecule has 1 saturated carbocycles. The molecule has 3 fully saturated rings. The Hall–Kier alpha value is -0.120. The van der Waals surface area contributed by atoms with Gasteiger partial charge in [-0.15, -0.1) is 0 Å². The third-order valence-corrected chi connectivity index (χ3v) is 4.59. The van der Waals surface area contributed by atoms with E-state index in [1.165, 1.54) is 19.3 Å². The van der Waals surface area contributed by atoms with E-state index in [2.05, 4.69) is 4.90 Å². The molecule has 15 heavy (non-hydrogen) atoms. The Morgan fingerprint density at radius 2 is 1.53 bits per heavy atom. The summed E-state index contributed by atoms with van der Waals surface area (Å²) >= 11 is 0. The van der Waals surface area contributed by atoms with Crippen LogP contribution in [-0.4, -0.2) is 45.4 Å². The second-order valence-electron chi connectivity index (χ2n) is 5.52. The van der Waals surface area contributed by atoms with Crippen molar-refractivity contribution in [3.63, 3.8) is 0 Å². The first kappa shape index (κ1) is 10.1. The quantitative estimate of drug-likeness (QED) is 0.677. The summed E-state index contributed by atoms with van der Waals surface area (Å²) in [4.78, 5) is 2.55. The Morgan fingerprint density at radius 1 is 0.867 bits per heavy atom. The van der Waals surface area contributed by atoms with E-state index in [-0.39, 0.29) is 12.2 Å². The molecule has 0 amide bonds. The van der Waals surface area contributed by atoms with Gasteiger partial charge in [-0.3, -0.25) is 4.90 Å². The highest BCUT2D eigenvalue weighted by Gasteiger charge is 2.46. The topological polar surface area (TPSA) is 43.7 Å². The van der Waals surface area contributed by atoms with E-state index in [0.29, 0.717) is 18.1 Å². The fourth-order valence-corrected chi connectivity index (χ4v) is 3.99. The van der Waals surface area contributed by atoms with Gasteiger partial charge in [-0.05, 0) is 44.9 Å². The van der Waals surface area contributed by atoms with Crippen molar-refractivity contribution in [2.45, 2.75) is 75.3 Å². The van der Waals surface area contributed by atoms with Gasteiger partial charge < -0.3 is 10.2 Å².